The van der Waals surface area contributed by atoms with Crippen molar-refractivity contribution < 1.29 is 4.39 Å². The van der Waals surface area contributed by atoms with Gasteiger partial charge in [-0.25, -0.2) is 9.37 Å². The first kappa shape index (κ1) is 11.6. The van der Waals surface area contributed by atoms with E-state index in [2.05, 4.69) is 15.3 Å². The molecule has 1 N–H and O–H groups in total. The van der Waals surface area contributed by atoms with Crippen LogP contribution in [0.4, 0.5) is 10.2 Å². The normalized spacial score (nSPS) is 10.6. The first-order valence-electron chi connectivity index (χ1n) is 6.01. The standard InChI is InChI=1S/C15H12FN3/c16-12-5-6-15(19-10-12)18-9-11-7-8-17-14-4-2-1-3-13(11)14/h1-8,10H,9H2,(H,18,19). The molecule has 0 atom stereocenters. The van der Waals surface area contributed by atoms with E-state index in [4.69, 9.17) is 0 Å². The van der Waals surface area contributed by atoms with Crippen molar-refractivity contribution in [2.45, 2.75) is 6.54 Å². The maximum absolute atomic E-state index is 12.8. The number of nitrogens with one attached hydrogen (secondary N) is 1. The summed E-state index contributed by atoms with van der Waals surface area (Å²) < 4.78 is 12.8. The summed E-state index contributed by atoms with van der Waals surface area (Å²) in [4.78, 5) is 8.29. The number of benzene rings is 1. The maximum Gasteiger partial charge on any atom is 0.141 e. The third-order valence-corrected chi connectivity index (χ3v) is 2.93. The monoisotopic (exact) mass is 253 g/mol. The first-order chi connectivity index (χ1) is 9.33. The van der Waals surface area contributed by atoms with Crippen LogP contribution in [0.1, 0.15) is 5.56 Å². The zero-order chi connectivity index (χ0) is 13.1. The van der Waals surface area contributed by atoms with Crippen molar-refractivity contribution in [1.29, 1.82) is 0 Å². The Morgan fingerprint density at radius 2 is 1.89 bits per heavy atom. The minimum atomic E-state index is -0.333. The lowest BCUT2D eigenvalue weighted by Crippen LogP contribution is -2.02. The Morgan fingerprint density at radius 1 is 1.00 bits per heavy atom. The lowest BCUT2D eigenvalue weighted by Gasteiger charge is -2.08. The third-order valence-electron chi connectivity index (χ3n) is 2.93. The van der Waals surface area contributed by atoms with E-state index >= 15 is 0 Å². The van der Waals surface area contributed by atoms with Gasteiger partial charge >= 0.3 is 0 Å². The summed E-state index contributed by atoms with van der Waals surface area (Å²) in [6.45, 7) is 0.627. The molecule has 1 aromatic carbocycles. The molecule has 19 heavy (non-hydrogen) atoms. The SMILES string of the molecule is Fc1ccc(NCc2ccnc3ccccc23)nc1. The molecule has 0 aliphatic heterocycles. The van der Waals surface area contributed by atoms with Gasteiger partial charge in [0, 0.05) is 18.1 Å². The molecule has 0 saturated heterocycles. The zero-order valence-corrected chi connectivity index (χ0v) is 10.2. The van der Waals surface area contributed by atoms with Crippen LogP contribution in [-0.4, -0.2) is 9.97 Å². The lowest BCUT2D eigenvalue weighted by atomic mass is 10.1. The highest BCUT2D eigenvalue weighted by molar-refractivity contribution is 5.82. The van der Waals surface area contributed by atoms with Gasteiger partial charge < -0.3 is 5.32 Å². The van der Waals surface area contributed by atoms with Gasteiger partial charge in [0.15, 0.2) is 0 Å². The van der Waals surface area contributed by atoms with Crippen molar-refractivity contribution in [1.82, 2.24) is 9.97 Å². The van der Waals surface area contributed by atoms with Crippen LogP contribution in [0.5, 0.6) is 0 Å². The van der Waals surface area contributed by atoms with E-state index in [1.165, 1.54) is 12.3 Å². The molecule has 0 aliphatic carbocycles. The van der Waals surface area contributed by atoms with Gasteiger partial charge in [0.05, 0.1) is 11.7 Å². The number of fused-ring (bicyclic) bond motifs is 1. The van der Waals surface area contributed by atoms with Crippen LogP contribution in [0.3, 0.4) is 0 Å². The molecular formula is C15H12FN3. The largest absolute Gasteiger partial charge is 0.366 e. The molecule has 0 saturated carbocycles. The number of hydrogen-bond donors (Lipinski definition) is 1. The van der Waals surface area contributed by atoms with Crippen LogP contribution < -0.4 is 5.32 Å². The molecule has 3 aromatic rings. The van der Waals surface area contributed by atoms with Crippen LogP contribution in [0.2, 0.25) is 0 Å². The number of anilines is 1. The molecule has 0 unspecified atom stereocenters. The van der Waals surface area contributed by atoms with Crippen LogP contribution >= 0.6 is 0 Å². The quantitative estimate of drug-likeness (QED) is 0.777. The minimum absolute atomic E-state index is 0.333. The molecule has 3 nitrogen and oxygen atoms in total. The van der Waals surface area contributed by atoms with Crippen LogP contribution in [0.25, 0.3) is 10.9 Å². The van der Waals surface area contributed by atoms with E-state index in [-0.39, 0.29) is 5.82 Å². The second kappa shape index (κ2) is 5.02. The molecule has 0 fully saturated rings. The molecule has 0 bridgehead atoms. The van der Waals surface area contributed by atoms with Gasteiger partial charge in [-0.15, -0.1) is 0 Å². The topological polar surface area (TPSA) is 37.8 Å². The average molecular weight is 253 g/mol. The zero-order valence-electron chi connectivity index (χ0n) is 10.2. The summed E-state index contributed by atoms with van der Waals surface area (Å²) in [7, 11) is 0. The summed E-state index contributed by atoms with van der Waals surface area (Å²) in [6, 6.07) is 13.0. The fourth-order valence-electron chi connectivity index (χ4n) is 1.98. The second-order valence-corrected chi connectivity index (χ2v) is 4.20. The van der Waals surface area contributed by atoms with Gasteiger partial charge in [-0.05, 0) is 29.8 Å². The summed E-state index contributed by atoms with van der Waals surface area (Å²) in [5.41, 5.74) is 2.10. The molecule has 2 aromatic heterocycles. The van der Waals surface area contributed by atoms with Crippen molar-refractivity contribution in [2.75, 3.05) is 5.32 Å². The van der Waals surface area contributed by atoms with E-state index in [9.17, 15) is 4.39 Å². The Kier molecular flexibility index (Phi) is 3.06. The van der Waals surface area contributed by atoms with E-state index in [1.807, 2.05) is 30.3 Å². The van der Waals surface area contributed by atoms with Crippen LogP contribution in [0.15, 0.2) is 54.9 Å². The van der Waals surface area contributed by atoms with E-state index in [1.54, 1.807) is 12.3 Å². The van der Waals surface area contributed by atoms with Crippen molar-refractivity contribution in [3.05, 3.63) is 66.2 Å². The predicted octanol–water partition coefficient (Wildman–Crippen LogP) is 3.38. The Bertz CT molecular complexity index is 690. The minimum Gasteiger partial charge on any atom is -0.366 e. The first-order valence-corrected chi connectivity index (χ1v) is 6.01. The van der Waals surface area contributed by atoms with Gasteiger partial charge in [-0.3, -0.25) is 4.98 Å². The Labute approximate surface area is 110 Å². The number of para-hydroxylation sites is 1. The third kappa shape index (κ3) is 2.52. The molecule has 0 aliphatic rings. The molecule has 0 spiro atoms. The highest BCUT2D eigenvalue weighted by Gasteiger charge is 2.01. The molecule has 0 radical (unpaired) electrons. The molecule has 2 heterocycles. The number of rotatable bonds is 3. The molecule has 94 valence electrons. The van der Waals surface area contributed by atoms with Gasteiger partial charge in [-0.2, -0.15) is 0 Å². The van der Waals surface area contributed by atoms with Crippen molar-refractivity contribution >= 4 is 16.7 Å². The molecule has 0 amide bonds. The number of nitrogens with zero attached hydrogens (tertiary/aromatic N) is 2. The maximum atomic E-state index is 12.8. The fourth-order valence-corrected chi connectivity index (χ4v) is 1.98. The molecular weight excluding hydrogens is 241 g/mol. The van der Waals surface area contributed by atoms with E-state index in [0.29, 0.717) is 12.4 Å². The smallest absolute Gasteiger partial charge is 0.141 e. The highest BCUT2D eigenvalue weighted by Crippen LogP contribution is 2.17. The number of aromatic nitrogens is 2. The Balaban J connectivity index is 1.84. The van der Waals surface area contributed by atoms with Crippen molar-refractivity contribution in [2.24, 2.45) is 0 Å². The second-order valence-electron chi connectivity index (χ2n) is 4.20. The summed E-state index contributed by atoms with van der Waals surface area (Å²) >= 11 is 0. The summed E-state index contributed by atoms with van der Waals surface area (Å²) in [5, 5.41) is 4.29. The summed E-state index contributed by atoms with van der Waals surface area (Å²) in [5.74, 6) is 0.321. The number of pyridine rings is 2. The van der Waals surface area contributed by atoms with Crippen molar-refractivity contribution in [3.8, 4) is 0 Å². The number of halogens is 1. The van der Waals surface area contributed by atoms with Crippen LogP contribution in [-0.2, 0) is 6.54 Å². The van der Waals surface area contributed by atoms with E-state index in [0.717, 1.165) is 16.5 Å². The van der Waals surface area contributed by atoms with Crippen molar-refractivity contribution in [3.63, 3.8) is 0 Å². The van der Waals surface area contributed by atoms with Crippen LogP contribution in [0, 0.1) is 5.82 Å². The number of hydrogen-bond acceptors (Lipinski definition) is 3. The highest BCUT2D eigenvalue weighted by atomic mass is 19.1. The summed E-state index contributed by atoms with van der Waals surface area (Å²) in [6.07, 6.45) is 2.99. The average Bonchev–Trinajstić information content (AvgIpc) is 2.47. The Hall–Kier alpha value is -2.49. The van der Waals surface area contributed by atoms with Gasteiger partial charge in [0.25, 0.3) is 0 Å². The van der Waals surface area contributed by atoms with Gasteiger partial charge in [0.1, 0.15) is 11.6 Å². The molecule has 4 heteroatoms. The Morgan fingerprint density at radius 3 is 2.74 bits per heavy atom. The van der Waals surface area contributed by atoms with Gasteiger partial charge in [0.2, 0.25) is 0 Å². The van der Waals surface area contributed by atoms with Gasteiger partial charge in [-0.1, -0.05) is 18.2 Å². The lowest BCUT2D eigenvalue weighted by molar-refractivity contribution is 0.621. The molecule has 3 rings (SSSR count). The predicted molar refractivity (Wildman–Crippen MR) is 73.3 cm³/mol. The fraction of sp³-hybridized carbons (Fsp3) is 0.0667. The van der Waals surface area contributed by atoms with E-state index < -0.39 is 0 Å².